The topological polar surface area (TPSA) is 9.23 Å². The number of alkyl halides is 3. The van der Waals surface area contributed by atoms with E-state index in [0.717, 1.165) is 31.2 Å². The summed E-state index contributed by atoms with van der Waals surface area (Å²) in [6.45, 7) is 2.14. The number of rotatable bonds is 7. The van der Waals surface area contributed by atoms with Crippen molar-refractivity contribution in [1.82, 2.24) is 0 Å². The molecule has 162 valence electrons. The lowest BCUT2D eigenvalue weighted by Crippen LogP contribution is -2.19. The van der Waals surface area contributed by atoms with Gasteiger partial charge in [0.25, 0.3) is 0 Å². The fourth-order valence-electron chi connectivity index (χ4n) is 3.73. The number of benzene rings is 2. The zero-order valence-electron chi connectivity index (χ0n) is 16.5. The average Bonchev–Trinajstić information content (AvgIpc) is 2.67. The zero-order chi connectivity index (χ0) is 21.9. The van der Waals surface area contributed by atoms with E-state index in [1.165, 1.54) is 18.1 Å². The predicted molar refractivity (Wildman–Crippen MR) is 103 cm³/mol. The van der Waals surface area contributed by atoms with Crippen molar-refractivity contribution in [2.24, 2.45) is 0 Å². The number of ether oxygens (including phenoxy) is 1. The van der Waals surface area contributed by atoms with Crippen molar-refractivity contribution >= 4 is 0 Å². The van der Waals surface area contributed by atoms with Crippen molar-refractivity contribution in [3.05, 3.63) is 64.5 Å². The molecule has 1 nitrogen and oxygen atoms in total. The number of allylic oxidation sites excluding steroid dienone is 2. The molecule has 0 amide bonds. The van der Waals surface area contributed by atoms with E-state index in [1.54, 1.807) is 6.07 Å². The first kappa shape index (κ1) is 22.2. The standard InChI is InChI=1S/C23H22F6O/c1-2-3-4-5-6-14-7-9-17-15(11-14)8-10-18(21(17)26)16-12-19(24)22(20(25)13-16)30-23(27,28)29/h7-8,10,12-13H,2-6,9,11H2,1H3. The van der Waals surface area contributed by atoms with Crippen LogP contribution in [-0.4, -0.2) is 6.36 Å². The molecule has 2 aromatic carbocycles. The molecule has 2 aromatic rings. The van der Waals surface area contributed by atoms with E-state index in [4.69, 9.17) is 0 Å². The van der Waals surface area contributed by atoms with Gasteiger partial charge < -0.3 is 4.74 Å². The van der Waals surface area contributed by atoms with Crippen LogP contribution in [-0.2, 0) is 12.8 Å². The molecule has 0 spiro atoms. The first-order valence-electron chi connectivity index (χ1n) is 9.93. The maximum absolute atomic E-state index is 15.1. The second-order valence-electron chi connectivity index (χ2n) is 7.44. The van der Waals surface area contributed by atoms with E-state index in [1.807, 2.05) is 6.08 Å². The highest BCUT2D eigenvalue weighted by Gasteiger charge is 2.34. The molecule has 0 heterocycles. The second-order valence-corrected chi connectivity index (χ2v) is 7.44. The summed E-state index contributed by atoms with van der Waals surface area (Å²) in [4.78, 5) is 0. The quantitative estimate of drug-likeness (QED) is 0.250. The average molecular weight is 428 g/mol. The third kappa shape index (κ3) is 5.18. The fraction of sp³-hybridized carbons (Fsp3) is 0.391. The van der Waals surface area contributed by atoms with Crippen molar-refractivity contribution in [3.8, 4) is 16.9 Å². The van der Waals surface area contributed by atoms with Crippen LogP contribution in [0.3, 0.4) is 0 Å². The molecule has 0 N–H and O–H groups in total. The van der Waals surface area contributed by atoms with Crippen LogP contribution in [0.15, 0.2) is 35.9 Å². The first-order valence-corrected chi connectivity index (χ1v) is 9.93. The number of halogens is 6. The Morgan fingerprint density at radius 2 is 1.67 bits per heavy atom. The highest BCUT2D eigenvalue weighted by atomic mass is 19.4. The summed E-state index contributed by atoms with van der Waals surface area (Å²) in [5.41, 5.74) is 2.26. The van der Waals surface area contributed by atoms with Gasteiger partial charge in [-0.3, -0.25) is 0 Å². The number of fused-ring (bicyclic) bond motifs is 1. The summed E-state index contributed by atoms with van der Waals surface area (Å²) in [6, 6.07) is 4.41. The summed E-state index contributed by atoms with van der Waals surface area (Å²) in [6.07, 6.45) is 3.28. The lowest BCUT2D eigenvalue weighted by molar-refractivity contribution is -0.276. The molecule has 0 aromatic heterocycles. The van der Waals surface area contributed by atoms with Gasteiger partial charge in [0, 0.05) is 5.56 Å². The minimum Gasteiger partial charge on any atom is -0.399 e. The van der Waals surface area contributed by atoms with Gasteiger partial charge in [-0.2, -0.15) is 0 Å². The SMILES string of the molecule is CCCCCCC1=CCc2c(ccc(-c3cc(F)c(OC(F)(F)F)c(F)c3)c2F)C1. The Bertz CT molecular complexity index is 922. The third-order valence-electron chi connectivity index (χ3n) is 5.23. The maximum Gasteiger partial charge on any atom is 0.573 e. The smallest absolute Gasteiger partial charge is 0.399 e. The van der Waals surface area contributed by atoms with Gasteiger partial charge >= 0.3 is 6.36 Å². The molecule has 0 radical (unpaired) electrons. The van der Waals surface area contributed by atoms with Gasteiger partial charge in [0.15, 0.2) is 11.6 Å². The van der Waals surface area contributed by atoms with Crippen LogP contribution >= 0.6 is 0 Å². The summed E-state index contributed by atoms with van der Waals surface area (Å²) in [5.74, 6) is -5.26. The highest BCUT2D eigenvalue weighted by Crippen LogP contribution is 2.36. The molecule has 1 aliphatic carbocycles. The molecular formula is C23H22F6O. The molecule has 3 rings (SSSR count). The monoisotopic (exact) mass is 428 g/mol. The normalized spacial score (nSPS) is 13.8. The van der Waals surface area contributed by atoms with Crippen molar-refractivity contribution in [2.45, 2.75) is 58.2 Å². The van der Waals surface area contributed by atoms with Crippen molar-refractivity contribution in [3.63, 3.8) is 0 Å². The molecule has 7 heteroatoms. The number of unbranched alkanes of at least 4 members (excludes halogenated alkanes) is 3. The van der Waals surface area contributed by atoms with Crippen LogP contribution < -0.4 is 4.74 Å². The lowest BCUT2D eigenvalue weighted by Gasteiger charge is -2.20. The molecule has 0 saturated heterocycles. The minimum absolute atomic E-state index is 0.0649. The molecular weight excluding hydrogens is 406 g/mol. The Kier molecular flexibility index (Phi) is 6.78. The van der Waals surface area contributed by atoms with E-state index < -0.39 is 29.6 Å². The van der Waals surface area contributed by atoms with E-state index >= 15 is 4.39 Å². The lowest BCUT2D eigenvalue weighted by atomic mass is 9.86. The van der Waals surface area contributed by atoms with Gasteiger partial charge in [0.05, 0.1) is 0 Å². The predicted octanol–water partition coefficient (Wildman–Crippen LogP) is 7.66. The van der Waals surface area contributed by atoms with Gasteiger partial charge in [-0.1, -0.05) is 50.0 Å². The van der Waals surface area contributed by atoms with Crippen molar-refractivity contribution < 1.29 is 31.1 Å². The van der Waals surface area contributed by atoms with Crippen molar-refractivity contribution in [2.75, 3.05) is 0 Å². The summed E-state index contributed by atoms with van der Waals surface area (Å²) < 4.78 is 83.4. The largest absolute Gasteiger partial charge is 0.573 e. The first-order chi connectivity index (χ1) is 14.2. The summed E-state index contributed by atoms with van der Waals surface area (Å²) in [7, 11) is 0. The Morgan fingerprint density at radius 3 is 2.30 bits per heavy atom. The maximum atomic E-state index is 15.1. The fourth-order valence-corrected chi connectivity index (χ4v) is 3.73. The van der Waals surface area contributed by atoms with Crippen LogP contribution in [0.2, 0.25) is 0 Å². The molecule has 0 atom stereocenters. The molecule has 0 aliphatic heterocycles. The third-order valence-corrected chi connectivity index (χ3v) is 5.23. The minimum atomic E-state index is -5.24. The van der Waals surface area contributed by atoms with Gasteiger partial charge in [0.2, 0.25) is 5.75 Å². The van der Waals surface area contributed by atoms with Gasteiger partial charge in [-0.25, -0.2) is 13.2 Å². The number of hydrogen-bond donors (Lipinski definition) is 0. The molecule has 0 bridgehead atoms. The highest BCUT2D eigenvalue weighted by molar-refractivity contribution is 5.67. The zero-order valence-corrected chi connectivity index (χ0v) is 16.5. The van der Waals surface area contributed by atoms with Crippen LogP contribution in [0, 0.1) is 17.5 Å². The van der Waals surface area contributed by atoms with E-state index in [0.29, 0.717) is 30.5 Å². The van der Waals surface area contributed by atoms with Crippen LogP contribution in [0.25, 0.3) is 11.1 Å². The Hall–Kier alpha value is -2.44. The van der Waals surface area contributed by atoms with Gasteiger partial charge in [0.1, 0.15) is 5.82 Å². The van der Waals surface area contributed by atoms with Crippen LogP contribution in [0.5, 0.6) is 5.75 Å². The Balaban J connectivity index is 1.83. The summed E-state index contributed by atoms with van der Waals surface area (Å²) >= 11 is 0. The van der Waals surface area contributed by atoms with Gasteiger partial charge in [-0.15, -0.1) is 13.2 Å². The number of hydrogen-bond acceptors (Lipinski definition) is 1. The Morgan fingerprint density at radius 1 is 0.967 bits per heavy atom. The van der Waals surface area contributed by atoms with Crippen LogP contribution in [0.1, 0.15) is 50.2 Å². The van der Waals surface area contributed by atoms with E-state index in [2.05, 4.69) is 11.7 Å². The molecule has 30 heavy (non-hydrogen) atoms. The van der Waals surface area contributed by atoms with Gasteiger partial charge in [-0.05, 0) is 54.5 Å². The van der Waals surface area contributed by atoms with Crippen molar-refractivity contribution in [1.29, 1.82) is 0 Å². The second kappa shape index (κ2) is 9.14. The Labute approximate surface area is 171 Å². The molecule has 0 unspecified atom stereocenters. The molecule has 0 fully saturated rings. The summed E-state index contributed by atoms with van der Waals surface area (Å²) in [5, 5.41) is 0. The molecule has 0 saturated carbocycles. The van der Waals surface area contributed by atoms with Crippen LogP contribution in [0.4, 0.5) is 26.3 Å². The van der Waals surface area contributed by atoms with E-state index in [-0.39, 0.29) is 11.1 Å². The molecule has 1 aliphatic rings. The van der Waals surface area contributed by atoms with E-state index in [9.17, 15) is 22.0 Å².